The van der Waals surface area contributed by atoms with Crippen molar-refractivity contribution >= 4 is 27.6 Å². The molecule has 208 valence electrons. The Bertz CT molecular complexity index is 1230. The molecule has 0 radical (unpaired) electrons. The minimum absolute atomic E-state index is 0.00397. The number of aryl methyl sites for hydroxylation is 1. The van der Waals surface area contributed by atoms with E-state index < -0.39 is 33.9 Å². The van der Waals surface area contributed by atoms with Gasteiger partial charge in [-0.2, -0.15) is 13.2 Å². The van der Waals surface area contributed by atoms with E-state index in [1.54, 1.807) is 28.8 Å². The lowest BCUT2D eigenvalue weighted by molar-refractivity contribution is -0.192. The summed E-state index contributed by atoms with van der Waals surface area (Å²) in [5, 5.41) is 9.98. The van der Waals surface area contributed by atoms with Gasteiger partial charge in [0.15, 0.2) is 0 Å². The van der Waals surface area contributed by atoms with Crippen LogP contribution >= 0.6 is 0 Å². The number of nitrogens with one attached hydrogen (secondary N) is 1. The van der Waals surface area contributed by atoms with Crippen LogP contribution in [0.15, 0.2) is 48.8 Å². The largest absolute Gasteiger partial charge is 0.490 e. The number of nitrogens with zero attached hydrogens (tertiary/aromatic N) is 2. The standard InChI is InChI=1S/C23H29N3O4S.C2HF3O2/c1-17-5-7-19(8-6-17)16-31(28,29)26-13-11-23(18(2)15-26)10-9-21(30-23)22(27)25-20-4-3-12-24-14-20;3-2(4,5)1(6)7/h3-8,12,14,18,21H,9-11,13,15-16H2,1-2H3,(H,25,27);(H,6,7). The zero-order valence-electron chi connectivity index (χ0n) is 20.9. The van der Waals surface area contributed by atoms with Crippen molar-refractivity contribution in [2.75, 3.05) is 18.4 Å². The predicted octanol–water partition coefficient (Wildman–Crippen LogP) is 3.75. The van der Waals surface area contributed by atoms with Gasteiger partial charge < -0.3 is 15.2 Å². The molecule has 1 aromatic carbocycles. The molecule has 1 spiro atoms. The molecular weight excluding hydrogens is 527 g/mol. The van der Waals surface area contributed by atoms with Gasteiger partial charge in [0.2, 0.25) is 10.0 Å². The molecule has 2 saturated heterocycles. The number of ether oxygens (including phenoxy) is 1. The maximum Gasteiger partial charge on any atom is 0.490 e. The number of carbonyl (C=O) groups is 2. The Labute approximate surface area is 219 Å². The van der Waals surface area contributed by atoms with Gasteiger partial charge in [0, 0.05) is 19.3 Å². The monoisotopic (exact) mass is 557 g/mol. The highest BCUT2D eigenvalue weighted by molar-refractivity contribution is 7.88. The highest BCUT2D eigenvalue weighted by atomic mass is 32.2. The molecule has 2 fully saturated rings. The number of hydrogen-bond donors (Lipinski definition) is 2. The van der Waals surface area contributed by atoms with Crippen molar-refractivity contribution < 1.29 is 41.0 Å². The highest BCUT2D eigenvalue weighted by Crippen LogP contribution is 2.43. The number of anilines is 1. The molecule has 2 N–H and O–H groups in total. The molecule has 4 rings (SSSR count). The lowest BCUT2D eigenvalue weighted by Gasteiger charge is -2.43. The minimum Gasteiger partial charge on any atom is -0.475 e. The van der Waals surface area contributed by atoms with Crippen LogP contribution in [-0.2, 0) is 30.1 Å². The van der Waals surface area contributed by atoms with E-state index in [0.717, 1.165) is 17.5 Å². The Morgan fingerprint density at radius 3 is 2.42 bits per heavy atom. The first-order valence-corrected chi connectivity index (χ1v) is 13.5. The lowest BCUT2D eigenvalue weighted by Crippen LogP contribution is -2.53. The number of carboxylic acid groups (broad SMARTS) is 1. The molecule has 1 aromatic heterocycles. The molecule has 9 nitrogen and oxygen atoms in total. The van der Waals surface area contributed by atoms with Crippen LogP contribution in [-0.4, -0.2) is 65.7 Å². The van der Waals surface area contributed by atoms with Crippen LogP contribution in [0.4, 0.5) is 18.9 Å². The quantitative estimate of drug-likeness (QED) is 0.574. The van der Waals surface area contributed by atoms with Gasteiger partial charge in [0.25, 0.3) is 5.91 Å². The van der Waals surface area contributed by atoms with Gasteiger partial charge in [0.05, 0.1) is 23.2 Å². The summed E-state index contributed by atoms with van der Waals surface area (Å²) in [6.07, 6.45) is -0.379. The second kappa shape index (κ2) is 11.8. The summed E-state index contributed by atoms with van der Waals surface area (Å²) in [6.45, 7) is 4.82. The van der Waals surface area contributed by atoms with Crippen LogP contribution in [0.5, 0.6) is 0 Å². The number of piperidine rings is 1. The maximum atomic E-state index is 13.0. The zero-order valence-corrected chi connectivity index (χ0v) is 21.8. The molecular formula is C25H30F3N3O6S. The molecule has 0 bridgehead atoms. The number of rotatable bonds is 5. The first-order valence-electron chi connectivity index (χ1n) is 11.9. The van der Waals surface area contributed by atoms with Crippen molar-refractivity contribution in [1.82, 2.24) is 9.29 Å². The molecule has 2 aromatic rings. The highest BCUT2D eigenvalue weighted by Gasteiger charge is 2.50. The Kier molecular flexibility index (Phi) is 9.16. The lowest BCUT2D eigenvalue weighted by atomic mass is 9.81. The summed E-state index contributed by atoms with van der Waals surface area (Å²) < 4.78 is 65.5. The van der Waals surface area contributed by atoms with Crippen LogP contribution in [0.25, 0.3) is 0 Å². The first-order chi connectivity index (χ1) is 17.7. The smallest absolute Gasteiger partial charge is 0.475 e. The first kappa shape index (κ1) is 29.5. The van der Waals surface area contributed by atoms with Crippen LogP contribution in [0.2, 0.25) is 0 Å². The topological polar surface area (TPSA) is 126 Å². The van der Waals surface area contributed by atoms with Crippen molar-refractivity contribution in [2.45, 2.75) is 56.7 Å². The zero-order chi connectivity index (χ0) is 28.1. The van der Waals surface area contributed by atoms with Gasteiger partial charge in [-0.05, 0) is 49.8 Å². The third kappa shape index (κ3) is 7.51. The molecule has 0 aliphatic carbocycles. The number of carboxylic acids is 1. The van der Waals surface area contributed by atoms with Gasteiger partial charge in [-0.25, -0.2) is 17.5 Å². The second-order valence-corrected chi connectivity index (χ2v) is 11.5. The van der Waals surface area contributed by atoms with Gasteiger partial charge in [-0.1, -0.05) is 36.8 Å². The molecule has 3 atom stereocenters. The summed E-state index contributed by atoms with van der Waals surface area (Å²) in [6, 6.07) is 11.2. The molecule has 2 aliphatic heterocycles. The van der Waals surface area contributed by atoms with E-state index in [1.165, 1.54) is 0 Å². The van der Waals surface area contributed by atoms with Crippen LogP contribution in [0.3, 0.4) is 0 Å². The van der Waals surface area contributed by atoms with E-state index in [1.807, 2.05) is 38.1 Å². The third-order valence-corrected chi connectivity index (χ3v) is 8.51. The molecule has 13 heteroatoms. The van der Waals surface area contributed by atoms with E-state index in [4.69, 9.17) is 14.6 Å². The van der Waals surface area contributed by atoms with Crippen LogP contribution in [0, 0.1) is 12.8 Å². The molecule has 3 unspecified atom stereocenters. The Morgan fingerprint density at radius 1 is 1.21 bits per heavy atom. The average Bonchev–Trinajstić information content (AvgIpc) is 3.28. The maximum absolute atomic E-state index is 13.0. The fourth-order valence-electron chi connectivity index (χ4n) is 4.53. The normalized spacial score (nSPS) is 23.9. The van der Waals surface area contributed by atoms with Gasteiger partial charge in [0.1, 0.15) is 6.10 Å². The van der Waals surface area contributed by atoms with Crippen molar-refractivity contribution in [3.63, 3.8) is 0 Å². The van der Waals surface area contributed by atoms with Crippen LogP contribution < -0.4 is 5.32 Å². The number of benzene rings is 1. The SMILES string of the molecule is Cc1ccc(CS(=O)(=O)N2CCC3(CCC(C(=O)Nc4cccnc4)O3)C(C)C2)cc1.O=C(O)C(F)(F)F. The third-order valence-electron chi connectivity index (χ3n) is 6.69. The summed E-state index contributed by atoms with van der Waals surface area (Å²) in [4.78, 5) is 25.5. The molecule has 1 amide bonds. The predicted molar refractivity (Wildman–Crippen MR) is 133 cm³/mol. The Morgan fingerprint density at radius 2 is 1.87 bits per heavy atom. The van der Waals surface area contributed by atoms with E-state index in [-0.39, 0.29) is 17.6 Å². The van der Waals surface area contributed by atoms with Gasteiger partial charge in [-0.3, -0.25) is 9.78 Å². The number of hydrogen-bond acceptors (Lipinski definition) is 6. The Hall–Kier alpha value is -3.03. The summed E-state index contributed by atoms with van der Waals surface area (Å²) >= 11 is 0. The molecule has 2 aliphatic rings. The number of aromatic nitrogens is 1. The van der Waals surface area contributed by atoms with Crippen molar-refractivity contribution in [3.05, 3.63) is 59.9 Å². The summed E-state index contributed by atoms with van der Waals surface area (Å²) in [5.41, 5.74) is 2.09. The number of pyridine rings is 1. The van der Waals surface area contributed by atoms with Crippen molar-refractivity contribution in [3.8, 4) is 0 Å². The van der Waals surface area contributed by atoms with Gasteiger partial charge in [-0.15, -0.1) is 0 Å². The second-order valence-electron chi connectivity index (χ2n) is 9.49. The van der Waals surface area contributed by atoms with Crippen molar-refractivity contribution in [1.29, 1.82) is 0 Å². The van der Waals surface area contributed by atoms with E-state index in [2.05, 4.69) is 10.3 Å². The van der Waals surface area contributed by atoms with Crippen molar-refractivity contribution in [2.24, 2.45) is 5.92 Å². The summed E-state index contributed by atoms with van der Waals surface area (Å²) in [5.74, 6) is -2.92. The van der Waals surface area contributed by atoms with E-state index in [0.29, 0.717) is 31.6 Å². The van der Waals surface area contributed by atoms with Crippen LogP contribution in [0.1, 0.15) is 37.3 Å². The molecule has 0 saturated carbocycles. The average molecular weight is 558 g/mol. The number of halogens is 3. The Balaban J connectivity index is 0.000000505. The molecule has 3 heterocycles. The van der Waals surface area contributed by atoms with E-state index in [9.17, 15) is 26.4 Å². The number of amides is 1. The molecule has 38 heavy (non-hydrogen) atoms. The number of sulfonamides is 1. The number of carbonyl (C=O) groups excluding carboxylic acids is 1. The number of aliphatic carboxylic acids is 1. The minimum atomic E-state index is -5.08. The van der Waals surface area contributed by atoms with Gasteiger partial charge >= 0.3 is 12.1 Å². The summed E-state index contributed by atoms with van der Waals surface area (Å²) in [7, 11) is -3.41. The fourth-order valence-corrected chi connectivity index (χ4v) is 6.15. The fraction of sp³-hybridized carbons (Fsp3) is 0.480. The van der Waals surface area contributed by atoms with E-state index >= 15 is 0 Å². The number of alkyl halides is 3.